The number of rotatable bonds is 9. The normalized spacial score (nSPS) is 14.1. The standard InChI is InChI=1S/C25H35N3O4/c1-27(17-19-9-14-22(30-2)25(32-4)24(19)31-3)18-23(29)26-20-10-12-21(13-11-20)28-15-7-5-6-8-16-28/h9-14H,5-8,15-18H2,1-4H3,(H,26,29). The summed E-state index contributed by atoms with van der Waals surface area (Å²) in [5, 5.41) is 3.00. The van der Waals surface area contributed by atoms with E-state index in [1.165, 1.54) is 31.4 Å². The van der Waals surface area contributed by atoms with E-state index < -0.39 is 0 Å². The fraction of sp³-hybridized carbons (Fsp3) is 0.480. The molecule has 1 heterocycles. The Balaban J connectivity index is 1.57. The molecule has 7 heteroatoms. The van der Waals surface area contributed by atoms with Crippen molar-refractivity contribution in [1.29, 1.82) is 0 Å². The molecule has 1 N–H and O–H groups in total. The molecule has 1 saturated heterocycles. The van der Waals surface area contributed by atoms with E-state index in [1.54, 1.807) is 21.3 Å². The number of carbonyl (C=O) groups excluding carboxylic acids is 1. The van der Waals surface area contributed by atoms with Gasteiger partial charge in [0.25, 0.3) is 0 Å². The van der Waals surface area contributed by atoms with Crippen molar-refractivity contribution in [3.8, 4) is 17.2 Å². The first-order valence-corrected chi connectivity index (χ1v) is 11.2. The first-order valence-electron chi connectivity index (χ1n) is 11.2. The van der Waals surface area contributed by atoms with Crippen LogP contribution in [0.1, 0.15) is 31.2 Å². The molecule has 2 aromatic rings. The van der Waals surface area contributed by atoms with Crippen LogP contribution in [0.5, 0.6) is 17.2 Å². The summed E-state index contributed by atoms with van der Waals surface area (Å²) in [5.74, 6) is 1.71. The number of amides is 1. The Morgan fingerprint density at radius 3 is 2.16 bits per heavy atom. The Kier molecular flexibility index (Phi) is 8.62. The van der Waals surface area contributed by atoms with Crippen LogP contribution in [0.15, 0.2) is 36.4 Å². The minimum Gasteiger partial charge on any atom is -0.493 e. The number of benzene rings is 2. The minimum absolute atomic E-state index is 0.0607. The van der Waals surface area contributed by atoms with Crippen LogP contribution < -0.4 is 24.4 Å². The van der Waals surface area contributed by atoms with Crippen molar-refractivity contribution in [2.75, 3.05) is 58.2 Å². The molecule has 1 fully saturated rings. The van der Waals surface area contributed by atoms with Crippen LogP contribution >= 0.6 is 0 Å². The Bertz CT molecular complexity index is 878. The number of nitrogens with zero attached hydrogens (tertiary/aromatic N) is 2. The van der Waals surface area contributed by atoms with Gasteiger partial charge in [-0.15, -0.1) is 0 Å². The van der Waals surface area contributed by atoms with Crippen LogP contribution in [0, 0.1) is 0 Å². The minimum atomic E-state index is -0.0607. The lowest BCUT2D eigenvalue weighted by atomic mass is 10.1. The molecule has 32 heavy (non-hydrogen) atoms. The summed E-state index contributed by atoms with van der Waals surface area (Å²) in [7, 11) is 6.67. The molecule has 174 valence electrons. The van der Waals surface area contributed by atoms with Gasteiger partial charge in [0, 0.05) is 36.6 Å². The van der Waals surface area contributed by atoms with Gasteiger partial charge in [-0.3, -0.25) is 9.69 Å². The highest BCUT2D eigenvalue weighted by Crippen LogP contribution is 2.40. The van der Waals surface area contributed by atoms with Crippen molar-refractivity contribution in [3.05, 3.63) is 42.0 Å². The summed E-state index contributed by atoms with van der Waals surface area (Å²) in [5.41, 5.74) is 2.95. The van der Waals surface area contributed by atoms with E-state index in [0.29, 0.717) is 23.8 Å². The quantitative estimate of drug-likeness (QED) is 0.630. The van der Waals surface area contributed by atoms with E-state index in [2.05, 4.69) is 22.3 Å². The number of hydrogen-bond acceptors (Lipinski definition) is 6. The second-order valence-electron chi connectivity index (χ2n) is 8.16. The number of carbonyl (C=O) groups is 1. The van der Waals surface area contributed by atoms with Gasteiger partial charge in [-0.25, -0.2) is 0 Å². The average Bonchev–Trinajstić information content (AvgIpc) is 3.08. The zero-order valence-electron chi connectivity index (χ0n) is 19.6. The largest absolute Gasteiger partial charge is 0.493 e. The van der Waals surface area contributed by atoms with E-state index in [1.807, 2.05) is 36.2 Å². The van der Waals surface area contributed by atoms with Gasteiger partial charge in [0.15, 0.2) is 11.5 Å². The molecule has 3 rings (SSSR count). The molecular weight excluding hydrogens is 406 g/mol. The molecule has 1 aliphatic heterocycles. The van der Waals surface area contributed by atoms with Gasteiger partial charge in [-0.1, -0.05) is 18.9 Å². The monoisotopic (exact) mass is 441 g/mol. The van der Waals surface area contributed by atoms with Crippen molar-refractivity contribution in [2.45, 2.75) is 32.2 Å². The van der Waals surface area contributed by atoms with Gasteiger partial charge in [0.2, 0.25) is 11.7 Å². The molecule has 7 nitrogen and oxygen atoms in total. The van der Waals surface area contributed by atoms with Crippen LogP contribution in [0.4, 0.5) is 11.4 Å². The van der Waals surface area contributed by atoms with Crippen molar-refractivity contribution in [1.82, 2.24) is 4.90 Å². The van der Waals surface area contributed by atoms with E-state index in [0.717, 1.165) is 24.3 Å². The lowest BCUT2D eigenvalue weighted by Gasteiger charge is -2.23. The summed E-state index contributed by atoms with van der Waals surface area (Å²) >= 11 is 0. The Morgan fingerprint density at radius 1 is 0.906 bits per heavy atom. The summed E-state index contributed by atoms with van der Waals surface area (Å²) in [6.07, 6.45) is 5.12. The number of likely N-dealkylation sites (N-methyl/N-ethyl adjacent to an activating group) is 1. The molecular formula is C25H35N3O4. The molecule has 1 amide bonds. The molecule has 0 saturated carbocycles. The van der Waals surface area contributed by atoms with Gasteiger partial charge >= 0.3 is 0 Å². The van der Waals surface area contributed by atoms with Gasteiger partial charge in [0.05, 0.1) is 27.9 Å². The summed E-state index contributed by atoms with van der Waals surface area (Å²) in [6.45, 7) is 3.00. The SMILES string of the molecule is COc1ccc(CN(C)CC(=O)Nc2ccc(N3CCCCCC3)cc2)c(OC)c1OC. The third-order valence-corrected chi connectivity index (χ3v) is 5.76. The molecule has 0 aliphatic carbocycles. The Morgan fingerprint density at radius 2 is 1.56 bits per heavy atom. The first kappa shape index (κ1) is 23.7. The van der Waals surface area contributed by atoms with Crippen LogP contribution in [0.25, 0.3) is 0 Å². The second-order valence-corrected chi connectivity index (χ2v) is 8.16. The second kappa shape index (κ2) is 11.6. The predicted octanol–water partition coefficient (Wildman–Crippen LogP) is 4.16. The molecule has 0 bridgehead atoms. The third-order valence-electron chi connectivity index (χ3n) is 5.76. The van der Waals surface area contributed by atoms with E-state index >= 15 is 0 Å². The van der Waals surface area contributed by atoms with Crippen molar-refractivity contribution in [2.24, 2.45) is 0 Å². The lowest BCUT2D eigenvalue weighted by molar-refractivity contribution is -0.117. The van der Waals surface area contributed by atoms with E-state index in [4.69, 9.17) is 14.2 Å². The number of hydrogen-bond donors (Lipinski definition) is 1. The fourth-order valence-electron chi connectivity index (χ4n) is 4.16. The molecule has 2 aromatic carbocycles. The van der Waals surface area contributed by atoms with Crippen LogP contribution in [-0.4, -0.2) is 58.8 Å². The number of anilines is 2. The molecule has 0 spiro atoms. The maximum absolute atomic E-state index is 12.6. The van der Waals surface area contributed by atoms with Gasteiger partial charge in [-0.05, 0) is 50.2 Å². The average molecular weight is 442 g/mol. The van der Waals surface area contributed by atoms with Crippen molar-refractivity contribution in [3.63, 3.8) is 0 Å². The highest BCUT2D eigenvalue weighted by molar-refractivity contribution is 5.92. The van der Waals surface area contributed by atoms with E-state index in [-0.39, 0.29) is 12.5 Å². The summed E-state index contributed by atoms with van der Waals surface area (Å²) in [4.78, 5) is 17.0. The maximum atomic E-state index is 12.6. The summed E-state index contributed by atoms with van der Waals surface area (Å²) in [6, 6.07) is 11.9. The fourth-order valence-corrected chi connectivity index (χ4v) is 4.16. The van der Waals surface area contributed by atoms with Gasteiger partial charge in [-0.2, -0.15) is 0 Å². The third kappa shape index (κ3) is 6.07. The Labute approximate surface area is 191 Å². The maximum Gasteiger partial charge on any atom is 0.238 e. The molecule has 0 unspecified atom stereocenters. The molecule has 0 radical (unpaired) electrons. The number of methoxy groups -OCH3 is 3. The molecule has 0 atom stereocenters. The van der Waals surface area contributed by atoms with Crippen molar-refractivity contribution < 1.29 is 19.0 Å². The van der Waals surface area contributed by atoms with Crippen molar-refractivity contribution >= 4 is 17.3 Å². The topological polar surface area (TPSA) is 63.3 Å². The van der Waals surface area contributed by atoms with Gasteiger partial charge in [0.1, 0.15) is 0 Å². The van der Waals surface area contributed by atoms with Crippen LogP contribution in [-0.2, 0) is 11.3 Å². The number of nitrogens with one attached hydrogen (secondary N) is 1. The van der Waals surface area contributed by atoms with E-state index in [9.17, 15) is 4.79 Å². The lowest BCUT2D eigenvalue weighted by Crippen LogP contribution is -2.30. The Hall–Kier alpha value is -2.93. The predicted molar refractivity (Wildman–Crippen MR) is 128 cm³/mol. The van der Waals surface area contributed by atoms with Crippen LogP contribution in [0.3, 0.4) is 0 Å². The number of ether oxygens (including phenoxy) is 3. The summed E-state index contributed by atoms with van der Waals surface area (Å²) < 4.78 is 16.3. The zero-order chi connectivity index (χ0) is 22.9. The zero-order valence-corrected chi connectivity index (χ0v) is 19.6. The molecule has 1 aliphatic rings. The highest BCUT2D eigenvalue weighted by atomic mass is 16.5. The van der Waals surface area contributed by atoms with Crippen LogP contribution in [0.2, 0.25) is 0 Å². The highest BCUT2D eigenvalue weighted by Gasteiger charge is 2.18. The molecule has 0 aromatic heterocycles. The van der Waals surface area contributed by atoms with Gasteiger partial charge < -0.3 is 24.4 Å². The first-order chi connectivity index (χ1) is 15.5. The smallest absolute Gasteiger partial charge is 0.238 e.